The number of aliphatic hydroxyl groups excluding tert-OH is 3. The van der Waals surface area contributed by atoms with E-state index < -0.39 is 18.3 Å². The molecule has 138 heavy (non-hydrogen) atoms. The number of epoxide rings is 6. The van der Waals surface area contributed by atoms with Gasteiger partial charge in [0.25, 0.3) is 0 Å². The summed E-state index contributed by atoms with van der Waals surface area (Å²) < 4.78 is 97.8. The molecule has 0 aliphatic carbocycles. The van der Waals surface area contributed by atoms with Crippen molar-refractivity contribution in [3.63, 3.8) is 0 Å². The molecule has 6 saturated heterocycles. The van der Waals surface area contributed by atoms with Gasteiger partial charge in [-0.25, -0.2) is 0 Å². The summed E-state index contributed by atoms with van der Waals surface area (Å²) in [5.74, 6) is 11.0. The van der Waals surface area contributed by atoms with Gasteiger partial charge >= 0.3 is 0 Å². The molecule has 0 bridgehead atoms. The number of hydrogen-bond acceptors (Lipinski definition) is 21. The zero-order valence-corrected chi connectivity index (χ0v) is 81.9. The van der Waals surface area contributed by atoms with Crippen LogP contribution in [0.2, 0.25) is 0 Å². The highest BCUT2D eigenvalue weighted by Crippen LogP contribution is 2.38. The first kappa shape index (κ1) is 103. The van der Waals surface area contributed by atoms with Crippen LogP contribution in [0.3, 0.4) is 0 Å². The van der Waals surface area contributed by atoms with Crippen LogP contribution in [0.1, 0.15) is 162 Å². The largest absolute Gasteiger partial charge is 0.494 e. The summed E-state index contributed by atoms with van der Waals surface area (Å²) >= 11 is 0. The third kappa shape index (κ3) is 36.0. The molecule has 3 N–H and O–H groups in total. The van der Waals surface area contributed by atoms with Crippen molar-refractivity contribution in [2.75, 3.05) is 119 Å². The molecule has 11 unspecified atom stereocenters. The monoisotopic (exact) mass is 1880 g/mol. The van der Waals surface area contributed by atoms with E-state index in [0.717, 1.165) is 121 Å². The Labute approximate surface area is 815 Å². The number of hydrogen-bond donors (Lipinski definition) is 3. The zero-order valence-electron chi connectivity index (χ0n) is 81.9. The van der Waals surface area contributed by atoms with Crippen molar-refractivity contribution in [2.24, 2.45) is 0 Å². The first-order chi connectivity index (χ1) is 66.9. The Hall–Kier alpha value is -12.1. The van der Waals surface area contributed by atoms with Crippen LogP contribution in [-0.4, -0.2) is 189 Å². The molecule has 21 heteroatoms. The van der Waals surface area contributed by atoms with Gasteiger partial charge in [0.05, 0.1) is 77.8 Å². The lowest BCUT2D eigenvalue weighted by atomic mass is 9.78. The molecule has 12 aromatic carbocycles. The molecular formula is C117H138O21. The van der Waals surface area contributed by atoms with Crippen LogP contribution in [-0.2, 0) is 52.1 Å². The van der Waals surface area contributed by atoms with Crippen LogP contribution in [0, 0.1) is 0 Å². The minimum atomic E-state index is -0.469. The van der Waals surface area contributed by atoms with Crippen LogP contribution in [0.25, 0.3) is 0 Å². The third-order valence-electron chi connectivity index (χ3n) is 23.8. The summed E-state index contributed by atoms with van der Waals surface area (Å²) in [7, 11) is 0. The predicted octanol–water partition coefficient (Wildman–Crippen LogP) is 21.4. The normalized spacial score (nSPS) is 17.6. The molecule has 18 rings (SSSR count). The molecule has 11 atom stereocenters. The second-order valence-electron chi connectivity index (χ2n) is 36.4. The molecule has 0 aromatic heterocycles. The summed E-state index contributed by atoms with van der Waals surface area (Å²) in [6.45, 7) is 36.1. The number of rotatable bonds is 45. The molecule has 0 saturated carbocycles. The fraction of sp³-hybridized carbons (Fsp3) is 0.385. The highest BCUT2D eigenvalue weighted by atomic mass is 16.6. The third-order valence-corrected chi connectivity index (χ3v) is 23.8. The van der Waals surface area contributed by atoms with Gasteiger partial charge in [-0.3, -0.25) is 0 Å². The Morgan fingerprint density at radius 3 is 0.522 bits per heavy atom. The highest BCUT2D eigenvalue weighted by Gasteiger charge is 2.30. The Bertz CT molecular complexity index is 5300. The Morgan fingerprint density at radius 2 is 0.370 bits per heavy atom. The van der Waals surface area contributed by atoms with Crippen molar-refractivity contribution in [3.8, 4) is 69.0 Å². The van der Waals surface area contributed by atoms with E-state index in [1.54, 1.807) is 20.8 Å². The van der Waals surface area contributed by atoms with Crippen molar-refractivity contribution in [1.29, 1.82) is 0 Å². The van der Waals surface area contributed by atoms with E-state index in [9.17, 15) is 15.3 Å². The molecule has 12 aromatic rings. The number of ether oxygens (including phenoxy) is 18. The molecule has 0 spiro atoms. The topological polar surface area (TPSA) is 247 Å². The number of aliphatic hydroxyl groups is 3. The molecule has 21 nitrogen and oxygen atoms in total. The standard InChI is InChI=1S/C21H26O4.C20H24O4.C20H24O3.C19H22O4.C19H22O3.C18H20O3/c1-15(22)12-23-18-8-4-16(5-9-18)21(2,3)17-6-10-19(11-7-17)24-13-20-14-25-20;1-14(21)11-22-18-7-3-16(4-8-18)15(2)17-5-9-19(10-6-17)23-12-20-13-24-20;1-4-21-17-9-5-15(6-10-17)20(2,3)16-7-11-18(12-8-16)22-13-19-14-23-19;1-14(20)11-21-17-6-2-15(3-7-17)10-16-4-8-18(9-5-16)22-12-19-13-23-19;1-3-20-17-8-4-15(5-9-17)14(2)16-6-10-18(11-7-16)21-12-19-13-22-19;1-2-19-16-7-3-14(4-8-16)11-15-5-9-17(10-6-15)20-12-18-13-21-18/h4-11,15,20,22H,12-14H2,1-3H3;3-10,14-15,20-21H,11-13H2,1-2H3;5-12,19H,4,13-14H2,1-3H3;2-9,14,19-20H,10-13H2,1H3;4-11,14,19H,3,12-13H2,1-2H3;3-10,18H,2,11-13H2,1H3. The highest BCUT2D eigenvalue weighted by molar-refractivity contribution is 5.46. The minimum Gasteiger partial charge on any atom is -0.494 e. The molecule has 732 valence electrons. The fourth-order valence-electron chi connectivity index (χ4n) is 14.6. The lowest BCUT2D eigenvalue weighted by molar-refractivity contribution is 0.122. The van der Waals surface area contributed by atoms with E-state index in [0.29, 0.717) is 97.4 Å². The van der Waals surface area contributed by atoms with Gasteiger partial charge in [-0.1, -0.05) is 187 Å². The van der Waals surface area contributed by atoms with Crippen LogP contribution in [0.15, 0.2) is 291 Å². The number of benzene rings is 12. The van der Waals surface area contributed by atoms with Gasteiger partial charge in [-0.2, -0.15) is 0 Å². The minimum absolute atomic E-state index is 0.0666. The van der Waals surface area contributed by atoms with Crippen LogP contribution in [0.4, 0.5) is 0 Å². The van der Waals surface area contributed by atoms with E-state index in [-0.39, 0.29) is 41.2 Å². The van der Waals surface area contributed by atoms with E-state index in [1.165, 1.54) is 66.8 Å². The summed E-state index contributed by atoms with van der Waals surface area (Å²) in [5.41, 5.74) is 14.8. The maximum atomic E-state index is 9.30. The van der Waals surface area contributed by atoms with Gasteiger partial charge in [0.1, 0.15) is 165 Å². The maximum absolute atomic E-state index is 9.30. The van der Waals surface area contributed by atoms with Gasteiger partial charge in [0.2, 0.25) is 0 Å². The van der Waals surface area contributed by atoms with Gasteiger partial charge < -0.3 is 101 Å². The Kier molecular flexibility index (Phi) is 39.4. The van der Waals surface area contributed by atoms with Crippen LogP contribution >= 0.6 is 0 Å². The summed E-state index contributed by atoms with van der Waals surface area (Å²) in [6.07, 6.45) is 2.10. The molecule has 6 aliphatic heterocycles. The summed E-state index contributed by atoms with van der Waals surface area (Å²) in [4.78, 5) is 0. The lowest BCUT2D eigenvalue weighted by Crippen LogP contribution is -2.19. The van der Waals surface area contributed by atoms with E-state index in [1.807, 2.05) is 178 Å². The molecule has 6 aliphatic rings. The maximum Gasteiger partial charge on any atom is 0.119 e. The molecular weight excluding hydrogens is 1740 g/mol. The van der Waals surface area contributed by atoms with Crippen LogP contribution in [0.5, 0.6) is 69.0 Å². The van der Waals surface area contributed by atoms with Crippen molar-refractivity contribution < 1.29 is 101 Å². The average Bonchev–Trinajstić information content (AvgIpc) is 0.812. The van der Waals surface area contributed by atoms with Gasteiger partial charge in [0.15, 0.2) is 0 Å². The van der Waals surface area contributed by atoms with E-state index in [4.69, 9.17) is 85.3 Å². The fourth-order valence-corrected chi connectivity index (χ4v) is 14.6. The van der Waals surface area contributed by atoms with Crippen molar-refractivity contribution >= 4 is 0 Å². The SMILES string of the molecule is CC(O)COc1ccc(C(C)(C)c2ccc(OCC3CO3)cc2)cc1.CC(O)COc1ccc(C(C)c2ccc(OCC3CO3)cc2)cc1.CC(O)COc1ccc(Cc2ccc(OCC3CO3)cc2)cc1.CCOc1ccc(C(C)(C)c2ccc(OCC3CO3)cc2)cc1.CCOc1ccc(C(C)c2ccc(OCC3CO3)cc2)cc1.CCOc1ccc(Cc2ccc(OCC3CO3)cc2)cc1. The Balaban J connectivity index is 0.000000140. The van der Waals surface area contributed by atoms with Gasteiger partial charge in [-0.15, -0.1) is 0 Å². The average molecular weight is 1880 g/mol. The second-order valence-corrected chi connectivity index (χ2v) is 36.4. The molecule has 6 heterocycles. The molecule has 6 fully saturated rings. The van der Waals surface area contributed by atoms with Crippen molar-refractivity contribution in [3.05, 3.63) is 358 Å². The smallest absolute Gasteiger partial charge is 0.119 e. The summed E-state index contributed by atoms with van der Waals surface area (Å²) in [6, 6.07) is 98.5. The lowest BCUT2D eigenvalue weighted by Gasteiger charge is -2.26. The van der Waals surface area contributed by atoms with Gasteiger partial charge in [0, 0.05) is 22.7 Å². The quantitative estimate of drug-likeness (QED) is 0.0300. The summed E-state index contributed by atoms with van der Waals surface area (Å²) in [5, 5.41) is 27.8. The van der Waals surface area contributed by atoms with Crippen LogP contribution < -0.4 is 56.8 Å². The predicted molar refractivity (Wildman–Crippen MR) is 539 cm³/mol. The van der Waals surface area contributed by atoms with E-state index >= 15 is 0 Å². The first-order valence-electron chi connectivity index (χ1n) is 48.4. The van der Waals surface area contributed by atoms with Crippen molar-refractivity contribution in [1.82, 2.24) is 0 Å². The van der Waals surface area contributed by atoms with Gasteiger partial charge in [-0.05, 0) is 267 Å². The molecule has 0 amide bonds. The second kappa shape index (κ2) is 52.6. The van der Waals surface area contributed by atoms with E-state index in [2.05, 4.69) is 175 Å². The first-order valence-corrected chi connectivity index (χ1v) is 48.4. The Morgan fingerprint density at radius 1 is 0.225 bits per heavy atom. The van der Waals surface area contributed by atoms with Crippen molar-refractivity contribution in [2.45, 2.75) is 174 Å². The molecule has 0 radical (unpaired) electrons. The zero-order chi connectivity index (χ0) is 97.0.